The van der Waals surface area contributed by atoms with E-state index in [-0.39, 0.29) is 12.1 Å². The first-order valence-corrected chi connectivity index (χ1v) is 9.44. The molecule has 0 fully saturated rings. The van der Waals surface area contributed by atoms with Crippen LogP contribution in [0.25, 0.3) is 11.1 Å². The fraction of sp³-hybridized carbons (Fsp3) is 0.174. The maximum Gasteiger partial charge on any atom is 0.416 e. The number of nitrogens with one attached hydrogen (secondary N) is 1. The predicted octanol–water partition coefficient (Wildman–Crippen LogP) is 5.90. The first-order chi connectivity index (χ1) is 14.9. The lowest BCUT2D eigenvalue weighted by Crippen LogP contribution is -2.37. The van der Waals surface area contributed by atoms with Gasteiger partial charge in [-0.2, -0.15) is 26.3 Å². The molecule has 32 heavy (non-hydrogen) atoms. The van der Waals surface area contributed by atoms with Crippen LogP contribution in [0.2, 0.25) is 0 Å². The van der Waals surface area contributed by atoms with Crippen molar-refractivity contribution in [3.63, 3.8) is 0 Å². The summed E-state index contributed by atoms with van der Waals surface area (Å²) in [6.07, 6.45) is -8.70. The van der Waals surface area contributed by atoms with Gasteiger partial charge in [-0.3, -0.25) is 4.79 Å². The summed E-state index contributed by atoms with van der Waals surface area (Å²) >= 11 is 0. The van der Waals surface area contributed by atoms with Crippen molar-refractivity contribution >= 4 is 11.6 Å². The largest absolute Gasteiger partial charge is 0.416 e. The number of anilines is 1. The summed E-state index contributed by atoms with van der Waals surface area (Å²) in [5.41, 5.74) is 6.56. The number of alkyl halides is 6. The van der Waals surface area contributed by atoms with Crippen LogP contribution in [-0.2, 0) is 23.6 Å². The van der Waals surface area contributed by atoms with Gasteiger partial charge in [0, 0.05) is 5.69 Å². The highest BCUT2D eigenvalue weighted by Gasteiger charge is 2.30. The van der Waals surface area contributed by atoms with E-state index in [4.69, 9.17) is 5.73 Å². The zero-order valence-electron chi connectivity index (χ0n) is 16.5. The third kappa shape index (κ3) is 5.88. The van der Waals surface area contributed by atoms with Crippen molar-refractivity contribution in [1.29, 1.82) is 0 Å². The molecule has 0 saturated heterocycles. The lowest BCUT2D eigenvalue weighted by molar-refractivity contribution is -0.138. The zero-order valence-corrected chi connectivity index (χ0v) is 16.5. The standard InChI is InChI=1S/C23H18F6N2O/c24-22(25,26)17-7-5-16(6-8-17)15-3-1-14(2-4-15)13-20(30)21(32)31-19-11-9-18(10-12-19)23(27,28)29/h1-12,20H,13,30H2,(H,31,32). The van der Waals surface area contributed by atoms with Crippen molar-refractivity contribution < 1.29 is 31.1 Å². The smallest absolute Gasteiger partial charge is 0.325 e. The summed E-state index contributed by atoms with van der Waals surface area (Å²) in [4.78, 5) is 12.2. The topological polar surface area (TPSA) is 55.1 Å². The van der Waals surface area contributed by atoms with Crippen LogP contribution in [0.15, 0.2) is 72.8 Å². The minimum absolute atomic E-state index is 0.166. The second-order valence-corrected chi connectivity index (χ2v) is 7.15. The molecule has 0 aliphatic rings. The second kappa shape index (κ2) is 9.04. The molecule has 3 aromatic rings. The first-order valence-electron chi connectivity index (χ1n) is 9.44. The number of benzene rings is 3. The highest BCUT2D eigenvalue weighted by molar-refractivity contribution is 5.94. The Hall–Kier alpha value is -3.33. The number of nitrogens with two attached hydrogens (primary N) is 1. The molecular weight excluding hydrogens is 434 g/mol. The summed E-state index contributed by atoms with van der Waals surface area (Å²) in [5.74, 6) is -0.559. The summed E-state index contributed by atoms with van der Waals surface area (Å²) in [5, 5.41) is 2.47. The molecule has 168 valence electrons. The maximum atomic E-state index is 12.7. The SMILES string of the molecule is NC(Cc1ccc(-c2ccc(C(F)(F)F)cc2)cc1)C(=O)Nc1ccc(C(F)(F)F)cc1. The molecule has 0 radical (unpaired) electrons. The Morgan fingerprint density at radius 3 is 1.56 bits per heavy atom. The number of hydrogen-bond donors (Lipinski definition) is 2. The maximum absolute atomic E-state index is 12.7. The molecule has 0 aromatic heterocycles. The van der Waals surface area contributed by atoms with Crippen LogP contribution in [0.4, 0.5) is 32.0 Å². The third-order valence-electron chi connectivity index (χ3n) is 4.77. The summed E-state index contributed by atoms with van der Waals surface area (Å²) in [6, 6.07) is 14.7. The van der Waals surface area contributed by atoms with E-state index in [1.165, 1.54) is 12.1 Å². The van der Waals surface area contributed by atoms with Crippen LogP contribution >= 0.6 is 0 Å². The lowest BCUT2D eigenvalue weighted by Gasteiger charge is -2.14. The molecule has 0 bridgehead atoms. The molecule has 9 heteroatoms. The minimum Gasteiger partial charge on any atom is -0.325 e. The quantitative estimate of drug-likeness (QED) is 0.474. The fourth-order valence-corrected chi connectivity index (χ4v) is 3.01. The van der Waals surface area contributed by atoms with E-state index in [2.05, 4.69) is 5.32 Å². The molecule has 1 amide bonds. The van der Waals surface area contributed by atoms with Crippen LogP contribution in [0.5, 0.6) is 0 Å². The Balaban J connectivity index is 1.60. The van der Waals surface area contributed by atoms with Gasteiger partial charge in [0.25, 0.3) is 0 Å². The fourth-order valence-electron chi connectivity index (χ4n) is 3.01. The van der Waals surface area contributed by atoms with Gasteiger partial charge in [0.2, 0.25) is 5.91 Å². The monoisotopic (exact) mass is 452 g/mol. The number of amides is 1. The van der Waals surface area contributed by atoms with Crippen LogP contribution in [0.1, 0.15) is 16.7 Å². The molecule has 3 aromatic carbocycles. The Kier molecular flexibility index (Phi) is 6.59. The molecule has 0 heterocycles. The molecule has 0 spiro atoms. The van der Waals surface area contributed by atoms with Crippen molar-refractivity contribution in [3.8, 4) is 11.1 Å². The molecule has 3 nitrogen and oxygen atoms in total. The van der Waals surface area contributed by atoms with Gasteiger partial charge >= 0.3 is 12.4 Å². The van der Waals surface area contributed by atoms with Crippen LogP contribution < -0.4 is 11.1 Å². The number of carbonyl (C=O) groups is 1. The Morgan fingerprint density at radius 1 is 0.719 bits per heavy atom. The van der Waals surface area contributed by atoms with Gasteiger partial charge in [0.05, 0.1) is 17.2 Å². The van der Waals surface area contributed by atoms with Crippen molar-refractivity contribution in [2.24, 2.45) is 5.73 Å². The normalized spacial score (nSPS) is 13.0. The predicted molar refractivity (Wildman–Crippen MR) is 109 cm³/mol. The Labute approximate surface area is 179 Å². The molecular formula is C23H18F6N2O. The molecule has 3 N–H and O–H groups in total. The average Bonchev–Trinajstić information content (AvgIpc) is 2.73. The molecule has 0 aliphatic heterocycles. The highest BCUT2D eigenvalue weighted by Crippen LogP contribution is 2.31. The first kappa shape index (κ1) is 23.3. The molecule has 3 rings (SSSR count). The third-order valence-corrected chi connectivity index (χ3v) is 4.77. The van der Waals surface area contributed by atoms with E-state index in [0.29, 0.717) is 11.1 Å². The van der Waals surface area contributed by atoms with Gasteiger partial charge in [-0.1, -0.05) is 36.4 Å². The average molecular weight is 452 g/mol. The number of halogens is 6. The second-order valence-electron chi connectivity index (χ2n) is 7.15. The van der Waals surface area contributed by atoms with Crippen LogP contribution in [-0.4, -0.2) is 11.9 Å². The Morgan fingerprint density at radius 2 is 1.12 bits per heavy atom. The summed E-state index contributed by atoms with van der Waals surface area (Å²) in [7, 11) is 0. The van der Waals surface area contributed by atoms with Crippen LogP contribution in [0, 0.1) is 0 Å². The van der Waals surface area contributed by atoms with Gasteiger partial charge in [0.15, 0.2) is 0 Å². The van der Waals surface area contributed by atoms with Gasteiger partial charge in [0.1, 0.15) is 0 Å². The molecule has 0 aliphatic carbocycles. The van der Waals surface area contributed by atoms with E-state index < -0.39 is 35.4 Å². The molecule has 1 unspecified atom stereocenters. The van der Waals surface area contributed by atoms with Crippen molar-refractivity contribution in [1.82, 2.24) is 0 Å². The highest BCUT2D eigenvalue weighted by atomic mass is 19.4. The van der Waals surface area contributed by atoms with Crippen molar-refractivity contribution in [3.05, 3.63) is 89.5 Å². The van der Waals surface area contributed by atoms with Gasteiger partial charge in [-0.25, -0.2) is 0 Å². The van der Waals surface area contributed by atoms with E-state index in [9.17, 15) is 31.1 Å². The van der Waals surface area contributed by atoms with Gasteiger partial charge in [-0.15, -0.1) is 0 Å². The number of carbonyl (C=O) groups excluding carboxylic acids is 1. The van der Waals surface area contributed by atoms with E-state index in [1.807, 2.05) is 0 Å². The van der Waals surface area contributed by atoms with E-state index in [1.54, 1.807) is 24.3 Å². The zero-order chi connectivity index (χ0) is 23.5. The van der Waals surface area contributed by atoms with Gasteiger partial charge in [-0.05, 0) is 59.5 Å². The molecule has 0 saturated carbocycles. The Bertz CT molecular complexity index is 1060. The van der Waals surface area contributed by atoms with E-state index >= 15 is 0 Å². The van der Waals surface area contributed by atoms with E-state index in [0.717, 1.165) is 42.0 Å². The number of hydrogen-bond acceptors (Lipinski definition) is 2. The minimum atomic E-state index is -4.47. The van der Waals surface area contributed by atoms with Crippen molar-refractivity contribution in [2.75, 3.05) is 5.32 Å². The number of rotatable bonds is 5. The van der Waals surface area contributed by atoms with Gasteiger partial charge < -0.3 is 11.1 Å². The van der Waals surface area contributed by atoms with Crippen LogP contribution in [0.3, 0.4) is 0 Å². The molecule has 1 atom stereocenters. The van der Waals surface area contributed by atoms with Crippen molar-refractivity contribution in [2.45, 2.75) is 24.8 Å². The summed E-state index contributed by atoms with van der Waals surface area (Å²) < 4.78 is 75.8. The summed E-state index contributed by atoms with van der Waals surface area (Å²) in [6.45, 7) is 0. The lowest BCUT2D eigenvalue weighted by atomic mass is 9.99.